The van der Waals surface area contributed by atoms with Gasteiger partial charge in [0.2, 0.25) is 5.95 Å². The first kappa shape index (κ1) is 18.9. The van der Waals surface area contributed by atoms with Gasteiger partial charge in [0.15, 0.2) is 6.29 Å². The van der Waals surface area contributed by atoms with Gasteiger partial charge in [-0.3, -0.25) is 9.48 Å². The Bertz CT molecular complexity index is 1070. The maximum absolute atomic E-state index is 14.3. The topological polar surface area (TPSA) is 99.2 Å². The molecule has 1 atom stereocenters. The van der Waals surface area contributed by atoms with Crippen molar-refractivity contribution < 1.29 is 18.3 Å². The Hall–Kier alpha value is -3.40. The van der Waals surface area contributed by atoms with Crippen molar-refractivity contribution >= 4 is 18.1 Å². The summed E-state index contributed by atoms with van der Waals surface area (Å²) in [6.07, 6.45) is 3.80. The predicted molar refractivity (Wildman–Crippen MR) is 101 cm³/mol. The number of nitrogen functional groups attached to an aromatic ring is 1. The van der Waals surface area contributed by atoms with Crippen LogP contribution < -0.4 is 10.6 Å². The molecule has 1 aromatic carbocycles. The Morgan fingerprint density at radius 2 is 2.14 bits per heavy atom. The van der Waals surface area contributed by atoms with Gasteiger partial charge in [-0.15, -0.1) is 0 Å². The molecule has 0 bridgehead atoms. The quantitative estimate of drug-likeness (QED) is 0.670. The van der Waals surface area contributed by atoms with Gasteiger partial charge in [0.05, 0.1) is 30.6 Å². The van der Waals surface area contributed by atoms with Crippen LogP contribution in [-0.2, 0) is 11.8 Å². The number of aldehydes is 1. The molecule has 29 heavy (non-hydrogen) atoms. The number of carbonyl (C=O) groups excluding carboxylic acids is 1. The number of hydrogen-bond acceptors (Lipinski definition) is 7. The van der Waals surface area contributed by atoms with Crippen LogP contribution in [0.1, 0.15) is 22.0 Å². The molecule has 8 nitrogen and oxygen atoms in total. The molecule has 1 unspecified atom stereocenters. The molecule has 1 saturated heterocycles. The third-order valence-corrected chi connectivity index (χ3v) is 4.71. The van der Waals surface area contributed by atoms with E-state index in [4.69, 9.17) is 10.5 Å². The minimum atomic E-state index is -0.840. The molecule has 10 heteroatoms. The lowest BCUT2D eigenvalue weighted by Crippen LogP contribution is -2.39. The van der Waals surface area contributed by atoms with Crippen molar-refractivity contribution in [1.82, 2.24) is 19.7 Å². The van der Waals surface area contributed by atoms with E-state index in [1.54, 1.807) is 10.9 Å². The van der Waals surface area contributed by atoms with Crippen LogP contribution in [0.25, 0.3) is 11.3 Å². The predicted octanol–water partition coefficient (Wildman–Crippen LogP) is 2.13. The third kappa shape index (κ3) is 3.66. The lowest BCUT2D eigenvalue weighted by Gasteiger charge is -2.33. The fraction of sp³-hybridized carbons (Fsp3) is 0.263. The van der Waals surface area contributed by atoms with E-state index in [9.17, 15) is 13.6 Å². The van der Waals surface area contributed by atoms with Crippen LogP contribution in [0.4, 0.5) is 20.5 Å². The maximum Gasteiger partial charge on any atom is 0.228 e. The molecule has 3 heterocycles. The summed E-state index contributed by atoms with van der Waals surface area (Å²) in [7, 11) is 1.82. The number of benzene rings is 1. The highest BCUT2D eigenvalue weighted by Gasteiger charge is 2.27. The Morgan fingerprint density at radius 1 is 1.31 bits per heavy atom. The maximum atomic E-state index is 14.3. The number of hydrogen-bond donors (Lipinski definition) is 1. The van der Waals surface area contributed by atoms with Crippen molar-refractivity contribution in [2.24, 2.45) is 7.05 Å². The van der Waals surface area contributed by atoms with Gasteiger partial charge in [0.25, 0.3) is 0 Å². The van der Waals surface area contributed by atoms with Crippen molar-refractivity contribution in [3.63, 3.8) is 0 Å². The summed E-state index contributed by atoms with van der Waals surface area (Å²) in [6, 6.07) is 3.05. The van der Waals surface area contributed by atoms with Gasteiger partial charge in [0, 0.05) is 37.0 Å². The summed E-state index contributed by atoms with van der Waals surface area (Å²) in [6.45, 7) is 1.33. The lowest BCUT2D eigenvalue weighted by molar-refractivity contribution is 0.0392. The van der Waals surface area contributed by atoms with Crippen LogP contribution in [-0.4, -0.2) is 45.7 Å². The largest absolute Gasteiger partial charge is 0.383 e. The second-order valence-corrected chi connectivity index (χ2v) is 6.67. The van der Waals surface area contributed by atoms with Crippen molar-refractivity contribution in [1.29, 1.82) is 0 Å². The number of nitrogens with two attached hydrogens (primary N) is 1. The molecular weight excluding hydrogens is 382 g/mol. The van der Waals surface area contributed by atoms with E-state index in [1.807, 2.05) is 18.1 Å². The van der Waals surface area contributed by atoms with Gasteiger partial charge in [-0.2, -0.15) is 10.1 Å². The van der Waals surface area contributed by atoms with Gasteiger partial charge in [-0.1, -0.05) is 0 Å². The number of carbonyl (C=O) groups is 1. The molecule has 1 aliphatic heterocycles. The van der Waals surface area contributed by atoms with Gasteiger partial charge in [-0.05, 0) is 12.1 Å². The van der Waals surface area contributed by atoms with Crippen molar-refractivity contribution in [3.8, 4) is 11.3 Å². The molecule has 4 rings (SSSR count). The number of anilines is 2. The van der Waals surface area contributed by atoms with Crippen molar-refractivity contribution in [3.05, 3.63) is 53.4 Å². The number of aromatic nitrogens is 4. The minimum Gasteiger partial charge on any atom is -0.383 e. The Labute approximate surface area is 164 Å². The molecule has 0 saturated carbocycles. The van der Waals surface area contributed by atoms with Gasteiger partial charge in [-0.25, -0.2) is 13.8 Å². The van der Waals surface area contributed by atoms with E-state index in [0.29, 0.717) is 26.0 Å². The number of halogens is 2. The summed E-state index contributed by atoms with van der Waals surface area (Å²) in [4.78, 5) is 22.0. The second kappa shape index (κ2) is 7.55. The van der Waals surface area contributed by atoms with E-state index in [0.717, 1.165) is 17.7 Å². The normalized spacial score (nSPS) is 16.8. The van der Waals surface area contributed by atoms with Crippen LogP contribution in [0.15, 0.2) is 30.6 Å². The van der Waals surface area contributed by atoms with Crippen LogP contribution in [0.5, 0.6) is 0 Å². The highest BCUT2D eigenvalue weighted by molar-refractivity contribution is 5.91. The molecule has 1 fully saturated rings. The summed E-state index contributed by atoms with van der Waals surface area (Å²) < 4.78 is 35.1. The van der Waals surface area contributed by atoms with Gasteiger partial charge in [0.1, 0.15) is 23.6 Å². The first-order chi connectivity index (χ1) is 14.0. The van der Waals surface area contributed by atoms with Crippen LogP contribution >= 0.6 is 0 Å². The number of ether oxygens (including phenoxy) is 1. The van der Waals surface area contributed by atoms with Crippen LogP contribution in [0.3, 0.4) is 0 Å². The molecule has 3 aromatic rings. The van der Waals surface area contributed by atoms with Gasteiger partial charge < -0.3 is 15.4 Å². The average Bonchev–Trinajstić information content (AvgIpc) is 3.14. The summed E-state index contributed by atoms with van der Waals surface area (Å²) in [5, 5.41) is 4.15. The zero-order valence-corrected chi connectivity index (χ0v) is 15.5. The highest BCUT2D eigenvalue weighted by atomic mass is 19.1. The Balaban J connectivity index is 1.72. The first-order valence-corrected chi connectivity index (χ1v) is 8.89. The van der Waals surface area contributed by atoms with Crippen LogP contribution in [0.2, 0.25) is 0 Å². The number of nitrogens with zero attached hydrogens (tertiary/aromatic N) is 5. The lowest BCUT2D eigenvalue weighted by atomic mass is 10.1. The monoisotopic (exact) mass is 400 g/mol. The molecule has 0 amide bonds. The van der Waals surface area contributed by atoms with Crippen molar-refractivity contribution in [2.75, 3.05) is 30.3 Å². The average molecular weight is 400 g/mol. The first-order valence-electron chi connectivity index (χ1n) is 8.89. The number of rotatable bonds is 4. The molecule has 2 N–H and O–H groups in total. The van der Waals surface area contributed by atoms with Crippen LogP contribution in [0, 0.1) is 11.6 Å². The molecule has 1 aliphatic rings. The number of morpholine rings is 1. The smallest absolute Gasteiger partial charge is 0.228 e. The van der Waals surface area contributed by atoms with Crippen molar-refractivity contribution in [2.45, 2.75) is 6.10 Å². The SMILES string of the molecule is Cn1cc(C2CN(c3nc(N)c(C=O)c(-c4ccc(F)cc4F)n3)CCO2)cn1. The minimum absolute atomic E-state index is 0.0180. The molecule has 0 spiro atoms. The molecule has 2 aromatic heterocycles. The fourth-order valence-corrected chi connectivity index (χ4v) is 3.26. The third-order valence-electron chi connectivity index (χ3n) is 4.71. The van der Waals surface area contributed by atoms with E-state index < -0.39 is 11.6 Å². The van der Waals surface area contributed by atoms with E-state index in [2.05, 4.69) is 15.1 Å². The zero-order chi connectivity index (χ0) is 20.5. The summed E-state index contributed by atoms with van der Waals surface area (Å²) >= 11 is 0. The van der Waals surface area contributed by atoms with E-state index in [-0.39, 0.29) is 34.7 Å². The Kier molecular flexibility index (Phi) is 4.93. The van der Waals surface area contributed by atoms with E-state index >= 15 is 0 Å². The summed E-state index contributed by atoms with van der Waals surface area (Å²) in [5.74, 6) is -1.40. The van der Waals surface area contributed by atoms with Gasteiger partial charge >= 0.3 is 0 Å². The van der Waals surface area contributed by atoms with E-state index in [1.165, 1.54) is 6.07 Å². The molecule has 0 radical (unpaired) electrons. The molecule has 0 aliphatic carbocycles. The Morgan fingerprint density at radius 3 is 2.83 bits per heavy atom. The number of aryl methyl sites for hydroxylation is 1. The zero-order valence-electron chi connectivity index (χ0n) is 15.5. The fourth-order valence-electron chi connectivity index (χ4n) is 3.26. The standard InChI is InChI=1S/C19H18F2N6O2/c1-26-8-11(7-23-26)16-9-27(4-5-29-16)19-24-17(14(10-28)18(22)25-19)13-3-2-12(20)6-15(13)21/h2-3,6-8,10,16H,4-5,9H2,1H3,(H2,22,24,25). The summed E-state index contributed by atoms with van der Waals surface area (Å²) in [5.41, 5.74) is 6.80. The highest BCUT2D eigenvalue weighted by Crippen LogP contribution is 2.30. The second-order valence-electron chi connectivity index (χ2n) is 6.67. The molecular formula is C19H18F2N6O2. The molecule has 150 valence electrons.